The van der Waals surface area contributed by atoms with Crippen LogP contribution in [0, 0.1) is 6.92 Å². The topological polar surface area (TPSA) is 42.3 Å². The molecule has 0 aliphatic carbocycles. The molecule has 4 heteroatoms. The summed E-state index contributed by atoms with van der Waals surface area (Å²) in [5.41, 5.74) is 8.26. The monoisotopic (exact) mass is 510 g/mol. The van der Waals surface area contributed by atoms with Crippen molar-refractivity contribution in [3.05, 3.63) is 143 Å². The minimum atomic E-state index is 0.116. The van der Waals surface area contributed by atoms with Crippen molar-refractivity contribution in [2.75, 3.05) is 0 Å². The standard InChI is InChI=1S/C34H26N2OS/c1-23-11-14-26-19-25(13-17-31(26)36-23)20-33(37)30-9-5-6-10-34(30)38-28-15-16-29-27(21-28)22-35-32(29)18-12-24-7-3-2-4-8-24/h2-19,21H,20,22H2,1H3/b18-12+. The number of allylic oxidation sites excluding steroid dienone is 1. The predicted molar refractivity (Wildman–Crippen MR) is 157 cm³/mol. The number of carbonyl (C=O) groups excluding carboxylic acids is 1. The third-order valence-electron chi connectivity index (χ3n) is 6.68. The molecule has 0 atom stereocenters. The van der Waals surface area contributed by atoms with Gasteiger partial charge in [-0.2, -0.15) is 0 Å². The van der Waals surface area contributed by atoms with Crippen LogP contribution < -0.4 is 0 Å². The second kappa shape index (κ2) is 10.6. The summed E-state index contributed by atoms with van der Waals surface area (Å²) in [4.78, 5) is 24.8. The average molecular weight is 511 g/mol. The van der Waals surface area contributed by atoms with Crippen molar-refractivity contribution >= 4 is 40.2 Å². The van der Waals surface area contributed by atoms with Crippen LogP contribution in [0.2, 0.25) is 0 Å². The lowest BCUT2D eigenvalue weighted by molar-refractivity contribution is 0.0990. The molecule has 0 fully saturated rings. The second-order valence-corrected chi connectivity index (χ2v) is 10.6. The minimum Gasteiger partial charge on any atom is -0.294 e. The van der Waals surface area contributed by atoms with E-state index in [-0.39, 0.29) is 5.78 Å². The zero-order valence-corrected chi connectivity index (χ0v) is 21.9. The van der Waals surface area contributed by atoms with Gasteiger partial charge in [-0.1, -0.05) is 84.6 Å². The van der Waals surface area contributed by atoms with Crippen LogP contribution >= 0.6 is 11.8 Å². The van der Waals surface area contributed by atoms with Crippen LogP contribution in [0.25, 0.3) is 17.0 Å². The predicted octanol–water partition coefficient (Wildman–Crippen LogP) is 8.14. The number of nitrogens with zero attached hydrogens (tertiary/aromatic N) is 2. The smallest absolute Gasteiger partial charge is 0.168 e. The second-order valence-electron chi connectivity index (χ2n) is 9.44. The van der Waals surface area contributed by atoms with E-state index in [1.165, 1.54) is 11.1 Å². The largest absolute Gasteiger partial charge is 0.294 e. The van der Waals surface area contributed by atoms with Gasteiger partial charge in [-0.15, -0.1) is 0 Å². The summed E-state index contributed by atoms with van der Waals surface area (Å²) >= 11 is 1.63. The van der Waals surface area contributed by atoms with Gasteiger partial charge in [0.1, 0.15) is 0 Å². The first-order chi connectivity index (χ1) is 18.6. The van der Waals surface area contributed by atoms with Gasteiger partial charge in [-0.05, 0) is 66.1 Å². The Labute approximate surface area is 227 Å². The average Bonchev–Trinajstić information content (AvgIpc) is 3.35. The Hall–Kier alpha value is -4.28. The number of rotatable bonds is 7. The number of pyridine rings is 1. The van der Waals surface area contributed by atoms with Gasteiger partial charge in [-0.25, -0.2) is 0 Å². The van der Waals surface area contributed by atoms with Gasteiger partial charge < -0.3 is 0 Å². The maximum atomic E-state index is 13.4. The summed E-state index contributed by atoms with van der Waals surface area (Å²) in [6.07, 6.45) is 4.55. The van der Waals surface area contributed by atoms with Crippen LogP contribution in [-0.4, -0.2) is 16.5 Å². The highest BCUT2D eigenvalue weighted by Gasteiger charge is 2.17. The van der Waals surface area contributed by atoms with Gasteiger partial charge in [0.2, 0.25) is 0 Å². The van der Waals surface area contributed by atoms with Crippen molar-refractivity contribution in [1.29, 1.82) is 0 Å². The van der Waals surface area contributed by atoms with Crippen molar-refractivity contribution in [2.45, 2.75) is 29.7 Å². The Bertz CT molecular complexity index is 1720. The lowest BCUT2D eigenvalue weighted by Crippen LogP contribution is -2.05. The van der Waals surface area contributed by atoms with Crippen LogP contribution in [0.1, 0.15) is 38.3 Å². The Balaban J connectivity index is 1.19. The SMILES string of the molecule is Cc1ccc2cc(CC(=O)c3ccccc3Sc3ccc4c(c3)CN=C4/C=C/c3ccccc3)ccc2n1. The van der Waals surface area contributed by atoms with Gasteiger partial charge in [0.05, 0.1) is 17.8 Å². The third kappa shape index (κ3) is 5.22. The molecule has 0 saturated carbocycles. The zero-order valence-electron chi connectivity index (χ0n) is 21.1. The maximum absolute atomic E-state index is 13.4. The highest BCUT2D eigenvalue weighted by molar-refractivity contribution is 7.99. The summed E-state index contributed by atoms with van der Waals surface area (Å²) in [5.74, 6) is 0.116. The lowest BCUT2D eigenvalue weighted by atomic mass is 10.0. The Morgan fingerprint density at radius 3 is 2.61 bits per heavy atom. The fourth-order valence-corrected chi connectivity index (χ4v) is 5.76. The first-order valence-electron chi connectivity index (χ1n) is 12.7. The van der Waals surface area contributed by atoms with Gasteiger partial charge in [0.15, 0.2) is 5.78 Å². The maximum Gasteiger partial charge on any atom is 0.168 e. The van der Waals surface area contributed by atoms with Gasteiger partial charge in [0, 0.05) is 38.4 Å². The molecule has 38 heavy (non-hydrogen) atoms. The highest BCUT2D eigenvalue weighted by Crippen LogP contribution is 2.34. The molecule has 0 radical (unpaired) electrons. The highest BCUT2D eigenvalue weighted by atomic mass is 32.2. The molecule has 0 amide bonds. The molecule has 1 aromatic heterocycles. The molecule has 1 aliphatic heterocycles. The number of benzene rings is 4. The number of ketones is 1. The van der Waals surface area contributed by atoms with E-state index in [0.717, 1.165) is 48.8 Å². The van der Waals surface area contributed by atoms with E-state index in [0.29, 0.717) is 13.0 Å². The van der Waals surface area contributed by atoms with E-state index in [9.17, 15) is 4.79 Å². The molecule has 2 heterocycles. The fourth-order valence-electron chi connectivity index (χ4n) is 4.73. The van der Waals surface area contributed by atoms with E-state index in [1.54, 1.807) is 11.8 Å². The zero-order chi connectivity index (χ0) is 25.9. The molecule has 4 aromatic carbocycles. The van der Waals surface area contributed by atoms with E-state index in [4.69, 9.17) is 4.99 Å². The summed E-state index contributed by atoms with van der Waals surface area (Å²) in [7, 11) is 0. The molecular weight excluding hydrogens is 484 g/mol. The van der Waals surface area contributed by atoms with E-state index < -0.39 is 0 Å². The van der Waals surface area contributed by atoms with E-state index in [2.05, 4.69) is 59.6 Å². The molecule has 6 rings (SSSR count). The van der Waals surface area contributed by atoms with Crippen LogP contribution in [0.5, 0.6) is 0 Å². The van der Waals surface area contributed by atoms with Crippen molar-refractivity contribution in [2.24, 2.45) is 4.99 Å². The van der Waals surface area contributed by atoms with Crippen molar-refractivity contribution in [3.63, 3.8) is 0 Å². The number of Topliss-reactive ketones (excluding diaryl/α,β-unsaturated/α-hetero) is 1. The van der Waals surface area contributed by atoms with E-state index >= 15 is 0 Å². The Morgan fingerprint density at radius 1 is 0.868 bits per heavy atom. The van der Waals surface area contributed by atoms with Crippen LogP contribution in [0.4, 0.5) is 0 Å². The Kier molecular flexibility index (Phi) is 6.72. The number of hydrogen-bond acceptors (Lipinski definition) is 4. The molecule has 3 nitrogen and oxygen atoms in total. The molecular formula is C34H26N2OS. The molecule has 0 unspecified atom stereocenters. The molecule has 1 aliphatic rings. The summed E-state index contributed by atoms with van der Waals surface area (Å²) in [6.45, 7) is 2.66. The van der Waals surface area contributed by atoms with Crippen LogP contribution in [0.3, 0.4) is 0 Å². The molecule has 0 saturated heterocycles. The summed E-state index contributed by atoms with van der Waals surface area (Å²) in [6, 6.07) is 34.8. The third-order valence-corrected chi connectivity index (χ3v) is 7.74. The van der Waals surface area contributed by atoms with Gasteiger partial charge >= 0.3 is 0 Å². The van der Waals surface area contributed by atoms with Gasteiger partial charge in [-0.3, -0.25) is 14.8 Å². The van der Waals surface area contributed by atoms with Crippen LogP contribution in [-0.2, 0) is 13.0 Å². The number of hydrogen-bond donors (Lipinski definition) is 0. The minimum absolute atomic E-state index is 0.116. The molecule has 0 N–H and O–H groups in total. The Morgan fingerprint density at radius 2 is 1.71 bits per heavy atom. The number of aromatic nitrogens is 1. The molecule has 0 bridgehead atoms. The summed E-state index contributed by atoms with van der Waals surface area (Å²) < 4.78 is 0. The van der Waals surface area contributed by atoms with Crippen molar-refractivity contribution in [1.82, 2.24) is 4.98 Å². The molecule has 184 valence electrons. The number of carbonyl (C=O) groups is 1. The lowest BCUT2D eigenvalue weighted by Gasteiger charge is -2.10. The van der Waals surface area contributed by atoms with E-state index in [1.807, 2.05) is 67.6 Å². The van der Waals surface area contributed by atoms with Crippen molar-refractivity contribution in [3.8, 4) is 0 Å². The number of aryl methyl sites for hydroxylation is 1. The first-order valence-corrected chi connectivity index (χ1v) is 13.5. The van der Waals surface area contributed by atoms with Gasteiger partial charge in [0.25, 0.3) is 0 Å². The fraction of sp³-hybridized carbons (Fsp3) is 0.0882. The number of aliphatic imine (C=N–C) groups is 1. The number of fused-ring (bicyclic) bond motifs is 2. The van der Waals surface area contributed by atoms with Crippen LogP contribution in [0.15, 0.2) is 124 Å². The van der Waals surface area contributed by atoms with Crippen molar-refractivity contribution < 1.29 is 4.79 Å². The molecule has 5 aromatic rings. The first kappa shape index (κ1) is 24.1. The quantitative estimate of drug-likeness (QED) is 0.208. The summed E-state index contributed by atoms with van der Waals surface area (Å²) in [5, 5.41) is 1.06. The normalized spacial score (nSPS) is 12.6. The molecule has 0 spiro atoms.